The fourth-order valence-corrected chi connectivity index (χ4v) is 3.33. The number of halogens is 1. The lowest BCUT2D eigenvalue weighted by Crippen LogP contribution is -2.48. The number of piperazine rings is 1. The molecule has 0 atom stereocenters. The van der Waals surface area contributed by atoms with E-state index < -0.39 is 0 Å². The van der Waals surface area contributed by atoms with Crippen molar-refractivity contribution in [1.82, 2.24) is 24.7 Å². The van der Waals surface area contributed by atoms with Crippen molar-refractivity contribution in [3.05, 3.63) is 59.9 Å². The maximum Gasteiger partial charge on any atom is 0.239 e. The molecule has 1 N–H and O–H groups in total. The number of carbonyl (C=O) groups excluding carboxylic acids is 1. The quantitative estimate of drug-likeness (QED) is 0.685. The molecule has 0 unspecified atom stereocenters. The Morgan fingerprint density at radius 2 is 1.86 bits per heavy atom. The van der Waals surface area contributed by atoms with Crippen molar-refractivity contribution in [3.63, 3.8) is 0 Å². The zero-order chi connectivity index (χ0) is 20.2. The number of carbonyl (C=O) groups is 1. The Bertz CT molecular complexity index is 960. The van der Waals surface area contributed by atoms with Crippen molar-refractivity contribution in [3.8, 4) is 5.69 Å². The molecule has 152 valence electrons. The Labute approximate surface area is 167 Å². The molecule has 8 nitrogen and oxygen atoms in total. The average Bonchev–Trinajstić information content (AvgIpc) is 3.33. The normalized spacial score (nSPS) is 15.5. The third-order valence-electron chi connectivity index (χ3n) is 4.85. The van der Waals surface area contributed by atoms with Crippen LogP contribution in [0, 0.1) is 12.7 Å². The smallest absolute Gasteiger partial charge is 0.239 e. The predicted octanol–water partition coefficient (Wildman–Crippen LogP) is 2.06. The summed E-state index contributed by atoms with van der Waals surface area (Å²) in [6.45, 7) is 6.20. The predicted molar refractivity (Wildman–Crippen MR) is 105 cm³/mol. The van der Waals surface area contributed by atoms with Gasteiger partial charge in [-0.3, -0.25) is 14.6 Å². The highest BCUT2D eigenvalue weighted by atomic mass is 19.1. The lowest BCUT2D eigenvalue weighted by Gasteiger charge is -2.33. The third kappa shape index (κ3) is 5.07. The molecule has 29 heavy (non-hydrogen) atoms. The van der Waals surface area contributed by atoms with E-state index in [-0.39, 0.29) is 11.7 Å². The van der Waals surface area contributed by atoms with Crippen molar-refractivity contribution in [2.75, 3.05) is 38.0 Å². The summed E-state index contributed by atoms with van der Waals surface area (Å²) in [5, 5.41) is 11.1. The summed E-state index contributed by atoms with van der Waals surface area (Å²) in [4.78, 5) is 16.6. The fraction of sp³-hybridized carbons (Fsp3) is 0.350. The number of anilines is 1. The lowest BCUT2D eigenvalue weighted by atomic mass is 10.3. The Kier molecular flexibility index (Phi) is 5.68. The Hall–Kier alpha value is -3.04. The molecular formula is C20H23FN6O2. The minimum atomic E-state index is -0.260. The van der Waals surface area contributed by atoms with E-state index in [1.54, 1.807) is 29.8 Å². The number of aryl methyl sites for hydroxylation is 1. The molecule has 1 aliphatic rings. The molecule has 3 aromatic rings. The second kappa shape index (κ2) is 8.54. The van der Waals surface area contributed by atoms with Crippen LogP contribution < -0.4 is 5.32 Å². The zero-order valence-electron chi connectivity index (χ0n) is 16.2. The van der Waals surface area contributed by atoms with Gasteiger partial charge in [-0.25, -0.2) is 9.07 Å². The molecular weight excluding hydrogens is 375 g/mol. The van der Waals surface area contributed by atoms with Crippen LogP contribution in [0.2, 0.25) is 0 Å². The van der Waals surface area contributed by atoms with E-state index in [0.717, 1.165) is 44.1 Å². The summed E-state index contributed by atoms with van der Waals surface area (Å²) in [5.74, 6) is 0.757. The molecule has 0 spiro atoms. The van der Waals surface area contributed by atoms with Crippen LogP contribution in [0.5, 0.6) is 0 Å². The first-order valence-corrected chi connectivity index (χ1v) is 9.53. The van der Waals surface area contributed by atoms with Crippen LogP contribution in [-0.2, 0) is 11.3 Å². The molecule has 1 aliphatic heterocycles. The first-order chi connectivity index (χ1) is 14.0. The molecule has 0 saturated carbocycles. The molecule has 0 aliphatic carbocycles. The maximum absolute atomic E-state index is 13.1. The SMILES string of the molecule is Cc1cc(NC(=O)CN2CCN(Cc3ccn(-c4ccc(F)cc4)n3)CC2)no1. The third-order valence-corrected chi connectivity index (χ3v) is 4.85. The summed E-state index contributed by atoms with van der Waals surface area (Å²) < 4.78 is 19.8. The standard InChI is InChI=1S/C20H23FN6O2/c1-15-12-19(24-29-15)22-20(28)14-26-10-8-25(9-11-26)13-17-6-7-27(23-17)18-4-2-16(21)3-5-18/h2-7,12H,8-11,13-14H2,1H3,(H,22,24,28). The number of hydrogen-bond donors (Lipinski definition) is 1. The van der Waals surface area contributed by atoms with Gasteiger partial charge in [0.2, 0.25) is 5.91 Å². The summed E-state index contributed by atoms with van der Waals surface area (Å²) >= 11 is 0. The first kappa shape index (κ1) is 19.3. The molecule has 2 aromatic heterocycles. The minimum absolute atomic E-state index is 0.0928. The Morgan fingerprint density at radius 1 is 1.14 bits per heavy atom. The first-order valence-electron chi connectivity index (χ1n) is 9.53. The van der Waals surface area contributed by atoms with Gasteiger partial charge < -0.3 is 9.84 Å². The van der Waals surface area contributed by atoms with Crippen molar-refractivity contribution in [2.24, 2.45) is 0 Å². The lowest BCUT2D eigenvalue weighted by molar-refractivity contribution is -0.117. The van der Waals surface area contributed by atoms with Gasteiger partial charge in [-0.1, -0.05) is 5.16 Å². The van der Waals surface area contributed by atoms with E-state index in [2.05, 4.69) is 25.4 Å². The molecule has 9 heteroatoms. The van der Waals surface area contributed by atoms with Crippen molar-refractivity contribution in [2.45, 2.75) is 13.5 Å². The number of nitrogens with zero attached hydrogens (tertiary/aromatic N) is 5. The van der Waals surface area contributed by atoms with E-state index >= 15 is 0 Å². The molecule has 0 radical (unpaired) electrons. The van der Waals surface area contributed by atoms with E-state index in [9.17, 15) is 9.18 Å². The fourth-order valence-electron chi connectivity index (χ4n) is 3.33. The maximum atomic E-state index is 13.1. The van der Waals surface area contributed by atoms with Gasteiger partial charge in [0.05, 0.1) is 17.9 Å². The summed E-state index contributed by atoms with van der Waals surface area (Å²) in [5.41, 5.74) is 1.79. The highest BCUT2D eigenvalue weighted by molar-refractivity contribution is 5.91. The van der Waals surface area contributed by atoms with Crippen LogP contribution in [0.1, 0.15) is 11.5 Å². The van der Waals surface area contributed by atoms with E-state index in [4.69, 9.17) is 4.52 Å². The number of benzene rings is 1. The topological polar surface area (TPSA) is 79.4 Å². The number of hydrogen-bond acceptors (Lipinski definition) is 6. The van der Waals surface area contributed by atoms with E-state index in [0.29, 0.717) is 18.1 Å². The number of rotatable bonds is 6. The summed E-state index contributed by atoms with van der Waals surface area (Å²) in [6, 6.07) is 9.93. The van der Waals surface area contributed by atoms with Crippen LogP contribution >= 0.6 is 0 Å². The van der Waals surface area contributed by atoms with Crippen LogP contribution in [0.15, 0.2) is 47.1 Å². The van der Waals surface area contributed by atoms with Crippen LogP contribution in [0.25, 0.3) is 5.69 Å². The second-order valence-corrected chi connectivity index (χ2v) is 7.15. The molecule has 0 bridgehead atoms. The van der Waals surface area contributed by atoms with Gasteiger partial charge in [0.25, 0.3) is 0 Å². The Morgan fingerprint density at radius 3 is 2.55 bits per heavy atom. The molecule has 4 rings (SSSR count). The molecule has 1 saturated heterocycles. The van der Waals surface area contributed by atoms with Gasteiger partial charge in [0, 0.05) is 45.0 Å². The number of aromatic nitrogens is 3. The van der Waals surface area contributed by atoms with E-state index in [1.165, 1.54) is 12.1 Å². The summed E-state index contributed by atoms with van der Waals surface area (Å²) in [6.07, 6.45) is 1.88. The van der Waals surface area contributed by atoms with Gasteiger partial charge in [-0.15, -0.1) is 0 Å². The van der Waals surface area contributed by atoms with Gasteiger partial charge in [0.15, 0.2) is 5.82 Å². The average molecular weight is 398 g/mol. The molecule has 1 fully saturated rings. The van der Waals surface area contributed by atoms with Crippen LogP contribution in [0.3, 0.4) is 0 Å². The number of amides is 1. The Balaban J connectivity index is 1.24. The van der Waals surface area contributed by atoms with Crippen LogP contribution in [0.4, 0.5) is 10.2 Å². The van der Waals surface area contributed by atoms with Crippen molar-refractivity contribution in [1.29, 1.82) is 0 Å². The van der Waals surface area contributed by atoms with Crippen LogP contribution in [-0.4, -0.2) is 63.4 Å². The van der Waals surface area contributed by atoms with Gasteiger partial charge >= 0.3 is 0 Å². The van der Waals surface area contributed by atoms with E-state index in [1.807, 2.05) is 12.3 Å². The van der Waals surface area contributed by atoms with Gasteiger partial charge in [-0.05, 0) is 37.3 Å². The monoisotopic (exact) mass is 398 g/mol. The summed E-state index contributed by atoms with van der Waals surface area (Å²) in [7, 11) is 0. The van der Waals surface area contributed by atoms with Crippen molar-refractivity contribution < 1.29 is 13.7 Å². The van der Waals surface area contributed by atoms with Gasteiger partial charge in [-0.2, -0.15) is 5.10 Å². The van der Waals surface area contributed by atoms with Crippen molar-refractivity contribution >= 4 is 11.7 Å². The number of nitrogens with one attached hydrogen (secondary N) is 1. The molecule has 3 heterocycles. The second-order valence-electron chi connectivity index (χ2n) is 7.15. The largest absolute Gasteiger partial charge is 0.360 e. The zero-order valence-corrected chi connectivity index (χ0v) is 16.2. The highest BCUT2D eigenvalue weighted by Crippen LogP contribution is 2.12. The minimum Gasteiger partial charge on any atom is -0.360 e. The molecule has 1 aromatic carbocycles. The molecule has 1 amide bonds. The van der Waals surface area contributed by atoms with Gasteiger partial charge in [0.1, 0.15) is 11.6 Å². The highest BCUT2D eigenvalue weighted by Gasteiger charge is 2.20.